The Hall–Kier alpha value is -2.75. The number of halogens is 2. The molecule has 1 saturated heterocycles. The fourth-order valence-corrected chi connectivity index (χ4v) is 4.66. The summed E-state index contributed by atoms with van der Waals surface area (Å²) in [5.41, 5.74) is 0.820. The number of aliphatic hydroxyl groups excluding tert-OH is 1. The molecule has 0 saturated carbocycles. The third kappa shape index (κ3) is 3.94. The number of hydrogen-bond donors (Lipinski definition) is 2. The van der Waals surface area contributed by atoms with E-state index in [1.165, 1.54) is 6.20 Å². The summed E-state index contributed by atoms with van der Waals surface area (Å²) >= 11 is 0. The maximum atomic E-state index is 13.7. The Kier molecular flexibility index (Phi) is 5.84. The molecule has 7 nitrogen and oxygen atoms in total. The van der Waals surface area contributed by atoms with Gasteiger partial charge >= 0.3 is 5.92 Å². The van der Waals surface area contributed by atoms with E-state index in [1.807, 2.05) is 38.2 Å². The average molecular weight is 459 g/mol. The number of benzene rings is 1. The van der Waals surface area contributed by atoms with E-state index in [4.69, 9.17) is 5.11 Å². The van der Waals surface area contributed by atoms with E-state index in [0.717, 1.165) is 11.1 Å². The van der Waals surface area contributed by atoms with Crippen molar-refractivity contribution in [3.8, 4) is 11.4 Å². The molecule has 2 aromatic heterocycles. The van der Waals surface area contributed by atoms with Gasteiger partial charge in [-0.05, 0) is 30.2 Å². The van der Waals surface area contributed by atoms with Gasteiger partial charge in [-0.1, -0.05) is 50.2 Å². The first kappa shape index (κ1) is 23.4. The molecule has 0 amide bonds. The summed E-state index contributed by atoms with van der Waals surface area (Å²) in [7, 11) is 1.99. The minimum absolute atomic E-state index is 0.0964. The predicted molar refractivity (Wildman–Crippen MR) is 118 cm³/mol. The first-order valence-electron chi connectivity index (χ1n) is 10.8. The number of alkyl halides is 2. The van der Waals surface area contributed by atoms with Crippen LogP contribution >= 0.6 is 0 Å². The summed E-state index contributed by atoms with van der Waals surface area (Å²) in [6.07, 6.45) is 3.00. The minimum atomic E-state index is -3.64. The Morgan fingerprint density at radius 1 is 1.15 bits per heavy atom. The zero-order chi connectivity index (χ0) is 24.0. The lowest BCUT2D eigenvalue weighted by Gasteiger charge is -2.55. The van der Waals surface area contributed by atoms with Gasteiger partial charge in [0.15, 0.2) is 0 Å². The molecule has 2 N–H and O–H groups in total. The fourth-order valence-electron chi connectivity index (χ4n) is 4.66. The van der Waals surface area contributed by atoms with Crippen LogP contribution in [-0.2, 0) is 11.5 Å². The van der Waals surface area contributed by atoms with Crippen molar-refractivity contribution < 1.29 is 23.5 Å². The summed E-state index contributed by atoms with van der Waals surface area (Å²) in [4.78, 5) is 10.1. The van der Waals surface area contributed by atoms with Crippen LogP contribution < -0.4 is 0 Å². The largest absolute Gasteiger partial charge is 0.390 e. The normalized spacial score (nSPS) is 18.2. The van der Waals surface area contributed by atoms with Gasteiger partial charge in [-0.3, -0.25) is 4.98 Å². The lowest BCUT2D eigenvalue weighted by molar-refractivity contribution is -0.127. The van der Waals surface area contributed by atoms with E-state index in [-0.39, 0.29) is 5.82 Å². The van der Waals surface area contributed by atoms with E-state index in [9.17, 15) is 13.9 Å². The second-order valence-electron chi connectivity index (χ2n) is 9.47. The molecule has 3 aromatic rings. The van der Waals surface area contributed by atoms with Crippen LogP contribution in [0, 0.1) is 5.41 Å². The third-order valence-corrected chi connectivity index (χ3v) is 6.46. The lowest BCUT2D eigenvalue weighted by Crippen LogP contribution is -2.63. The molecule has 1 aromatic carbocycles. The predicted octanol–water partition coefficient (Wildman–Crippen LogP) is 3.53. The first-order valence-corrected chi connectivity index (χ1v) is 10.8. The van der Waals surface area contributed by atoms with Crippen molar-refractivity contribution >= 4 is 0 Å². The third-order valence-electron chi connectivity index (χ3n) is 6.46. The van der Waals surface area contributed by atoms with Gasteiger partial charge in [0.25, 0.3) is 5.89 Å². The summed E-state index contributed by atoms with van der Waals surface area (Å²) in [6.45, 7) is 6.12. The standard InChI is InChI=1S/C24H28F2N4O3/c1-15(2)16-5-7-18(8-6-16)24(32,22(3)12-30(4)13-22)19-9-17(10-27-11-19)20-28-21(33-29-20)23(25,26)14-31/h5-11,15,31-32H,12-14H2,1-4H3. The molecule has 0 spiro atoms. The summed E-state index contributed by atoms with van der Waals surface area (Å²) in [5.74, 6) is -4.36. The van der Waals surface area contributed by atoms with Crippen molar-refractivity contribution in [3.63, 3.8) is 0 Å². The zero-order valence-electron chi connectivity index (χ0n) is 19.1. The SMILES string of the molecule is CC(C)c1ccc(C(O)(c2cncc(-c3noc(C(F)(F)CO)n3)c2)C2(C)CN(C)C2)cc1. The molecule has 9 heteroatoms. The highest BCUT2D eigenvalue weighted by molar-refractivity contribution is 5.56. The minimum Gasteiger partial charge on any atom is -0.390 e. The monoisotopic (exact) mass is 458 g/mol. The van der Waals surface area contributed by atoms with Crippen LogP contribution in [0.1, 0.15) is 49.3 Å². The van der Waals surface area contributed by atoms with Gasteiger partial charge in [-0.25, -0.2) is 0 Å². The van der Waals surface area contributed by atoms with Crippen molar-refractivity contribution in [1.82, 2.24) is 20.0 Å². The van der Waals surface area contributed by atoms with E-state index < -0.39 is 29.4 Å². The Morgan fingerprint density at radius 2 is 1.82 bits per heavy atom. The number of hydrogen-bond acceptors (Lipinski definition) is 7. The maximum absolute atomic E-state index is 13.7. The number of aromatic nitrogens is 3. The Labute approximate surface area is 191 Å². The number of rotatable bonds is 7. The van der Waals surface area contributed by atoms with Crippen LogP contribution in [-0.4, -0.2) is 57.0 Å². The summed E-state index contributed by atoms with van der Waals surface area (Å²) < 4.78 is 32.1. The molecule has 33 heavy (non-hydrogen) atoms. The molecule has 3 heterocycles. The molecular formula is C24H28F2N4O3. The van der Waals surface area contributed by atoms with E-state index in [0.29, 0.717) is 30.1 Å². The molecule has 1 fully saturated rings. The van der Waals surface area contributed by atoms with Crippen LogP contribution in [0.4, 0.5) is 8.78 Å². The number of likely N-dealkylation sites (tertiary alicyclic amines) is 1. The van der Waals surface area contributed by atoms with Crippen molar-refractivity contribution in [1.29, 1.82) is 0 Å². The molecule has 0 aliphatic carbocycles. The van der Waals surface area contributed by atoms with Crippen molar-refractivity contribution in [2.24, 2.45) is 5.41 Å². The number of pyridine rings is 1. The van der Waals surface area contributed by atoms with Gasteiger partial charge in [0.05, 0.1) is 0 Å². The first-order chi connectivity index (χ1) is 15.5. The highest BCUT2D eigenvalue weighted by Gasteiger charge is 2.55. The van der Waals surface area contributed by atoms with Gasteiger partial charge in [-0.2, -0.15) is 13.8 Å². The van der Waals surface area contributed by atoms with Gasteiger partial charge < -0.3 is 19.6 Å². The zero-order valence-corrected chi connectivity index (χ0v) is 19.1. The highest BCUT2D eigenvalue weighted by atomic mass is 19.3. The molecule has 0 bridgehead atoms. The van der Waals surface area contributed by atoms with Gasteiger partial charge in [0.1, 0.15) is 12.2 Å². The fraction of sp³-hybridized carbons (Fsp3) is 0.458. The molecule has 1 atom stereocenters. The topological polar surface area (TPSA) is 95.5 Å². The molecule has 1 unspecified atom stereocenters. The van der Waals surface area contributed by atoms with E-state index in [1.54, 1.807) is 12.3 Å². The smallest absolute Gasteiger partial charge is 0.347 e. The van der Waals surface area contributed by atoms with Crippen molar-refractivity contribution in [3.05, 3.63) is 65.3 Å². The lowest BCUT2D eigenvalue weighted by atomic mass is 9.62. The van der Waals surface area contributed by atoms with Gasteiger partial charge in [-0.15, -0.1) is 0 Å². The van der Waals surface area contributed by atoms with E-state index in [2.05, 4.69) is 38.4 Å². The Morgan fingerprint density at radius 3 is 2.39 bits per heavy atom. The van der Waals surface area contributed by atoms with Crippen molar-refractivity contribution in [2.45, 2.75) is 38.2 Å². The molecule has 4 rings (SSSR count). The summed E-state index contributed by atoms with van der Waals surface area (Å²) in [5, 5.41) is 24.7. The quantitative estimate of drug-likeness (QED) is 0.559. The van der Waals surface area contributed by atoms with Crippen LogP contribution in [0.25, 0.3) is 11.4 Å². The Balaban J connectivity index is 1.79. The van der Waals surface area contributed by atoms with E-state index >= 15 is 0 Å². The highest BCUT2D eigenvalue weighted by Crippen LogP contribution is 2.50. The second kappa shape index (κ2) is 8.23. The summed E-state index contributed by atoms with van der Waals surface area (Å²) in [6, 6.07) is 9.53. The number of aliphatic hydroxyl groups is 2. The molecular weight excluding hydrogens is 430 g/mol. The Bertz CT molecular complexity index is 1130. The van der Waals surface area contributed by atoms with Crippen LogP contribution in [0.2, 0.25) is 0 Å². The molecule has 176 valence electrons. The average Bonchev–Trinajstić information content (AvgIpc) is 3.29. The van der Waals surface area contributed by atoms with Crippen LogP contribution in [0.5, 0.6) is 0 Å². The van der Waals surface area contributed by atoms with Crippen molar-refractivity contribution in [2.75, 3.05) is 26.7 Å². The number of nitrogens with zero attached hydrogens (tertiary/aromatic N) is 4. The second-order valence-corrected chi connectivity index (χ2v) is 9.47. The maximum Gasteiger partial charge on any atom is 0.347 e. The van der Waals surface area contributed by atoms with Crippen LogP contribution in [0.3, 0.4) is 0 Å². The van der Waals surface area contributed by atoms with Crippen LogP contribution in [0.15, 0.2) is 47.2 Å². The van der Waals surface area contributed by atoms with Gasteiger partial charge in [0, 0.05) is 42.0 Å². The van der Waals surface area contributed by atoms with Gasteiger partial charge in [0.2, 0.25) is 5.82 Å². The molecule has 1 aliphatic heterocycles. The molecule has 1 aliphatic rings. The molecule has 0 radical (unpaired) electrons.